The molecule has 0 spiro atoms. The molecule has 1 saturated heterocycles. The van der Waals surface area contributed by atoms with E-state index in [0.717, 1.165) is 13.1 Å². The molecule has 3 heterocycles. The zero-order valence-electron chi connectivity index (χ0n) is 18.9. The van der Waals surface area contributed by atoms with Gasteiger partial charge in [0.25, 0.3) is 5.91 Å². The summed E-state index contributed by atoms with van der Waals surface area (Å²) in [4.78, 5) is 43.8. The molecule has 1 fully saturated rings. The van der Waals surface area contributed by atoms with Gasteiger partial charge in [0, 0.05) is 37.4 Å². The number of carboxylic acids is 1. The molecule has 2 aromatic rings. The molecule has 0 aliphatic carbocycles. The third-order valence-corrected chi connectivity index (χ3v) is 6.05. The van der Waals surface area contributed by atoms with Crippen molar-refractivity contribution in [1.29, 1.82) is 0 Å². The molecule has 11 heteroatoms. The van der Waals surface area contributed by atoms with Gasteiger partial charge < -0.3 is 19.7 Å². The van der Waals surface area contributed by atoms with Crippen molar-refractivity contribution in [2.75, 3.05) is 26.3 Å². The fraction of sp³-hybridized carbons (Fsp3) is 0.591. The van der Waals surface area contributed by atoms with Crippen LogP contribution in [0.3, 0.4) is 0 Å². The second-order valence-corrected chi connectivity index (χ2v) is 9.33. The molecule has 1 amide bonds. The van der Waals surface area contributed by atoms with Crippen LogP contribution in [0.15, 0.2) is 21.5 Å². The third kappa shape index (κ3) is 7.72. The summed E-state index contributed by atoms with van der Waals surface area (Å²) in [7, 11) is 0. The summed E-state index contributed by atoms with van der Waals surface area (Å²) in [5.41, 5.74) is 2.36. The van der Waals surface area contributed by atoms with E-state index in [4.69, 9.17) is 9.26 Å². The highest BCUT2D eigenvalue weighted by Gasteiger charge is 2.29. The molecule has 0 radical (unpaired) electrons. The number of aliphatic carboxylic acids is 1. The number of carbonyl (C=O) groups excluding carboxylic acids is 2. The van der Waals surface area contributed by atoms with Crippen molar-refractivity contribution >= 4 is 29.0 Å². The second kappa shape index (κ2) is 12.0. The van der Waals surface area contributed by atoms with Crippen LogP contribution < -0.4 is 5.32 Å². The molecular weight excluding hydrogens is 448 g/mol. The van der Waals surface area contributed by atoms with Crippen molar-refractivity contribution in [1.82, 2.24) is 20.4 Å². The van der Waals surface area contributed by atoms with Crippen molar-refractivity contribution in [3.05, 3.63) is 34.1 Å². The fourth-order valence-electron chi connectivity index (χ4n) is 3.67. The molecule has 0 saturated carbocycles. The normalized spacial score (nSPS) is 16.5. The van der Waals surface area contributed by atoms with Gasteiger partial charge in [0.15, 0.2) is 17.2 Å². The maximum absolute atomic E-state index is 13.0. The first-order chi connectivity index (χ1) is 15.8. The number of nitrogens with one attached hydrogen (secondary N) is 1. The number of rotatable bonds is 12. The number of carboxylic acid groups (broad SMARTS) is 1. The van der Waals surface area contributed by atoms with Crippen LogP contribution in [0, 0.1) is 11.8 Å². The summed E-state index contributed by atoms with van der Waals surface area (Å²) >= 11 is 1.37. The van der Waals surface area contributed by atoms with Gasteiger partial charge in [0.2, 0.25) is 0 Å². The Morgan fingerprint density at radius 2 is 2.03 bits per heavy atom. The number of morpholine rings is 1. The first-order valence-electron chi connectivity index (χ1n) is 11.0. The van der Waals surface area contributed by atoms with Gasteiger partial charge in [-0.25, -0.2) is 4.98 Å². The largest absolute Gasteiger partial charge is 0.481 e. The topological polar surface area (TPSA) is 135 Å². The number of nitrogens with zero attached hydrogens (tertiary/aromatic N) is 3. The summed E-state index contributed by atoms with van der Waals surface area (Å²) in [6, 6.07) is 0.762. The van der Waals surface area contributed by atoms with Gasteiger partial charge in [-0.3, -0.25) is 19.3 Å². The minimum atomic E-state index is -1.06. The van der Waals surface area contributed by atoms with Crippen molar-refractivity contribution in [3.63, 3.8) is 0 Å². The van der Waals surface area contributed by atoms with E-state index in [-0.39, 0.29) is 30.2 Å². The first-order valence-corrected chi connectivity index (χ1v) is 11.9. The van der Waals surface area contributed by atoms with Crippen LogP contribution in [0.5, 0.6) is 0 Å². The van der Waals surface area contributed by atoms with E-state index in [2.05, 4.69) is 20.4 Å². The molecule has 2 aromatic heterocycles. The minimum Gasteiger partial charge on any atom is -0.481 e. The van der Waals surface area contributed by atoms with Crippen molar-refractivity contribution in [2.24, 2.45) is 11.8 Å². The number of hydrogen-bond donors (Lipinski definition) is 2. The standard InChI is InChI=1S/C22H30N4O6S/c1-14(2)7-18(20(27)9-15(22(29)30)8-16-12-33-13-23-16)24-21(28)19-10-17(32-25-19)11-26-3-5-31-6-4-26/h10,12-15,18H,3-9,11H2,1-2H3,(H,24,28)(H,29,30)/t15?,18-/m0/s1. The predicted molar refractivity (Wildman–Crippen MR) is 120 cm³/mol. The molecule has 3 rings (SSSR count). The maximum Gasteiger partial charge on any atom is 0.307 e. The molecule has 1 aliphatic heterocycles. The predicted octanol–water partition coefficient (Wildman–Crippen LogP) is 2.01. The highest BCUT2D eigenvalue weighted by molar-refractivity contribution is 7.07. The average molecular weight is 479 g/mol. The van der Waals surface area contributed by atoms with E-state index < -0.39 is 23.8 Å². The Morgan fingerprint density at radius 1 is 1.27 bits per heavy atom. The SMILES string of the molecule is CC(C)C[C@H](NC(=O)c1cc(CN2CCOCC2)on1)C(=O)CC(Cc1cscn1)C(=O)O. The summed E-state index contributed by atoms with van der Waals surface area (Å²) in [6.07, 6.45) is 0.374. The van der Waals surface area contributed by atoms with Crippen LogP contribution in [0.4, 0.5) is 0 Å². The van der Waals surface area contributed by atoms with E-state index in [0.29, 0.717) is 37.6 Å². The third-order valence-electron chi connectivity index (χ3n) is 5.41. The van der Waals surface area contributed by atoms with Crippen LogP contribution >= 0.6 is 11.3 Å². The lowest BCUT2D eigenvalue weighted by Crippen LogP contribution is -2.43. The van der Waals surface area contributed by atoms with Gasteiger partial charge in [-0.1, -0.05) is 19.0 Å². The van der Waals surface area contributed by atoms with Crippen LogP contribution in [-0.4, -0.2) is 70.2 Å². The Balaban J connectivity index is 1.62. The first kappa shape index (κ1) is 25.0. The molecule has 10 nitrogen and oxygen atoms in total. The summed E-state index contributed by atoms with van der Waals surface area (Å²) < 4.78 is 10.6. The lowest BCUT2D eigenvalue weighted by atomic mass is 9.91. The monoisotopic (exact) mass is 478 g/mol. The molecule has 2 atom stereocenters. The van der Waals surface area contributed by atoms with E-state index in [1.807, 2.05) is 13.8 Å². The van der Waals surface area contributed by atoms with Crippen LogP contribution in [0.25, 0.3) is 0 Å². The fourth-order valence-corrected chi connectivity index (χ4v) is 4.24. The molecule has 33 heavy (non-hydrogen) atoms. The van der Waals surface area contributed by atoms with Crippen molar-refractivity contribution < 1.29 is 28.8 Å². The number of amides is 1. The Morgan fingerprint density at radius 3 is 2.67 bits per heavy atom. The number of carbonyl (C=O) groups is 3. The van der Waals surface area contributed by atoms with Gasteiger partial charge in [-0.05, 0) is 12.3 Å². The van der Waals surface area contributed by atoms with E-state index >= 15 is 0 Å². The molecule has 1 aliphatic rings. The number of ketones is 1. The van der Waals surface area contributed by atoms with E-state index in [1.54, 1.807) is 17.0 Å². The van der Waals surface area contributed by atoms with Crippen LogP contribution in [0.2, 0.25) is 0 Å². The van der Waals surface area contributed by atoms with Crippen LogP contribution in [0.1, 0.15) is 48.6 Å². The molecule has 180 valence electrons. The summed E-state index contributed by atoms with van der Waals surface area (Å²) in [5.74, 6) is -2.12. The molecule has 2 N–H and O–H groups in total. The summed E-state index contributed by atoms with van der Waals surface area (Å²) in [5, 5.41) is 17.9. The smallest absolute Gasteiger partial charge is 0.307 e. The number of Topliss-reactive ketones (excluding diaryl/α,β-unsaturated/α-hetero) is 1. The van der Waals surface area contributed by atoms with Gasteiger partial charge in [0.05, 0.1) is 42.9 Å². The van der Waals surface area contributed by atoms with Gasteiger partial charge >= 0.3 is 5.97 Å². The van der Waals surface area contributed by atoms with Gasteiger partial charge in [0.1, 0.15) is 0 Å². The molecule has 1 unspecified atom stereocenters. The lowest BCUT2D eigenvalue weighted by molar-refractivity contribution is -0.144. The Hall–Kier alpha value is -2.63. The van der Waals surface area contributed by atoms with Gasteiger partial charge in [-0.2, -0.15) is 0 Å². The lowest BCUT2D eigenvalue weighted by Gasteiger charge is -2.25. The maximum atomic E-state index is 13.0. The quantitative estimate of drug-likeness (QED) is 0.469. The Bertz CT molecular complexity index is 923. The second-order valence-electron chi connectivity index (χ2n) is 8.61. The minimum absolute atomic E-state index is 0.0945. The Labute approximate surface area is 196 Å². The van der Waals surface area contributed by atoms with Crippen LogP contribution in [-0.2, 0) is 27.3 Å². The molecule has 0 bridgehead atoms. The zero-order valence-corrected chi connectivity index (χ0v) is 19.7. The molecule has 0 aromatic carbocycles. The highest BCUT2D eigenvalue weighted by Crippen LogP contribution is 2.18. The zero-order chi connectivity index (χ0) is 23.8. The molecular formula is C22H30N4O6S. The van der Waals surface area contributed by atoms with Crippen molar-refractivity contribution in [2.45, 2.75) is 45.7 Å². The van der Waals surface area contributed by atoms with Gasteiger partial charge in [-0.15, -0.1) is 11.3 Å². The van der Waals surface area contributed by atoms with Crippen molar-refractivity contribution in [3.8, 4) is 0 Å². The number of aromatic nitrogens is 2. The number of ether oxygens (including phenoxy) is 1. The van der Waals surface area contributed by atoms with E-state index in [9.17, 15) is 19.5 Å². The number of hydrogen-bond acceptors (Lipinski definition) is 9. The summed E-state index contributed by atoms with van der Waals surface area (Å²) in [6.45, 7) is 7.26. The van der Waals surface area contributed by atoms with E-state index in [1.165, 1.54) is 11.3 Å². The highest BCUT2D eigenvalue weighted by atomic mass is 32.1. The average Bonchev–Trinajstić information content (AvgIpc) is 3.45. The Kier molecular flexibility index (Phi) is 9.10. The number of thiazole rings is 1.